The summed E-state index contributed by atoms with van der Waals surface area (Å²) in [6.45, 7) is 3.60. The van der Waals surface area contributed by atoms with Crippen molar-refractivity contribution < 1.29 is 22.4 Å². The predicted molar refractivity (Wildman–Crippen MR) is 123 cm³/mol. The largest absolute Gasteiger partial charge is 0.379 e. The van der Waals surface area contributed by atoms with Gasteiger partial charge in [0.15, 0.2) is 5.69 Å². The molecular weight excluding hydrogens is 477 g/mol. The molecule has 0 radical (unpaired) electrons. The van der Waals surface area contributed by atoms with Crippen LogP contribution < -0.4 is 5.56 Å². The van der Waals surface area contributed by atoms with Crippen LogP contribution in [0.25, 0.3) is 39.5 Å². The van der Waals surface area contributed by atoms with Gasteiger partial charge in [0.05, 0.1) is 29.8 Å². The van der Waals surface area contributed by atoms with Gasteiger partial charge in [-0.15, -0.1) is 0 Å². The molecule has 0 bridgehead atoms. The van der Waals surface area contributed by atoms with Crippen molar-refractivity contribution in [3.05, 3.63) is 70.5 Å². The number of hydrogen-bond acceptors (Lipinski definition) is 7. The summed E-state index contributed by atoms with van der Waals surface area (Å²) in [7, 11) is 0. The Morgan fingerprint density at radius 2 is 1.72 bits per heavy atom. The molecule has 1 aliphatic rings. The molecule has 36 heavy (non-hydrogen) atoms. The van der Waals surface area contributed by atoms with Crippen molar-refractivity contribution in [2.24, 2.45) is 0 Å². The molecule has 5 aromatic rings. The van der Waals surface area contributed by atoms with Crippen molar-refractivity contribution in [3.63, 3.8) is 0 Å². The highest BCUT2D eigenvalue weighted by Gasteiger charge is 2.23. The topological polar surface area (TPSA) is 90.7 Å². The normalized spacial score (nSPS) is 14.8. The first-order valence-corrected chi connectivity index (χ1v) is 11.3. The van der Waals surface area contributed by atoms with Crippen molar-refractivity contribution in [2.45, 2.75) is 6.54 Å². The van der Waals surface area contributed by atoms with E-state index in [0.717, 1.165) is 25.2 Å². The number of imidazole rings is 1. The second kappa shape index (κ2) is 8.88. The lowest BCUT2D eigenvalue weighted by Crippen LogP contribution is -2.39. The maximum absolute atomic E-state index is 14.2. The van der Waals surface area contributed by atoms with Gasteiger partial charge in [-0.1, -0.05) is 5.16 Å². The number of rotatable bonds is 5. The highest BCUT2D eigenvalue weighted by molar-refractivity contribution is 5.83. The Kier molecular flexibility index (Phi) is 5.53. The minimum Gasteiger partial charge on any atom is -0.379 e. The fraction of sp³-hybridized carbons (Fsp3) is 0.250. The number of aromatic nitrogens is 5. The smallest absolute Gasteiger partial charge is 0.279 e. The van der Waals surface area contributed by atoms with E-state index in [4.69, 9.17) is 9.26 Å². The molecule has 0 amide bonds. The summed E-state index contributed by atoms with van der Waals surface area (Å²) in [5.74, 6) is -2.27. The van der Waals surface area contributed by atoms with Crippen LogP contribution in [-0.2, 0) is 11.3 Å². The second-order valence-corrected chi connectivity index (χ2v) is 8.40. The molecule has 0 unspecified atom stereocenters. The zero-order valence-electron chi connectivity index (χ0n) is 18.8. The Hall–Kier alpha value is -4.03. The van der Waals surface area contributed by atoms with Gasteiger partial charge in [-0.2, -0.15) is 4.98 Å². The fourth-order valence-electron chi connectivity index (χ4n) is 4.43. The lowest BCUT2D eigenvalue weighted by molar-refractivity contribution is 0.0364. The number of morpholine rings is 1. The molecule has 1 aliphatic heterocycles. The van der Waals surface area contributed by atoms with Gasteiger partial charge in [0.25, 0.3) is 11.4 Å². The van der Waals surface area contributed by atoms with Gasteiger partial charge in [0.2, 0.25) is 5.82 Å². The first-order valence-electron chi connectivity index (χ1n) is 11.3. The van der Waals surface area contributed by atoms with Crippen LogP contribution in [0.15, 0.2) is 52.0 Å². The summed E-state index contributed by atoms with van der Waals surface area (Å²) in [5, 5.41) is 3.79. The zero-order valence-corrected chi connectivity index (χ0v) is 18.8. The summed E-state index contributed by atoms with van der Waals surface area (Å²) >= 11 is 0. The van der Waals surface area contributed by atoms with Gasteiger partial charge in [0.1, 0.15) is 29.3 Å². The summed E-state index contributed by atoms with van der Waals surface area (Å²) in [6, 6.07) is 7.19. The molecule has 4 heterocycles. The van der Waals surface area contributed by atoms with Crippen LogP contribution in [0, 0.1) is 17.5 Å². The molecular formula is C24H19F3N6O3. The number of hydrogen-bond donors (Lipinski definition) is 0. The molecule has 184 valence electrons. The highest BCUT2D eigenvalue weighted by Crippen LogP contribution is 2.27. The fourth-order valence-corrected chi connectivity index (χ4v) is 4.43. The van der Waals surface area contributed by atoms with Crippen molar-refractivity contribution in [1.29, 1.82) is 0 Å². The molecule has 0 saturated carbocycles. The van der Waals surface area contributed by atoms with E-state index >= 15 is 0 Å². The third-order valence-electron chi connectivity index (χ3n) is 6.25. The summed E-state index contributed by atoms with van der Waals surface area (Å²) in [5.41, 5.74) is 0.777. The monoisotopic (exact) mass is 496 g/mol. The van der Waals surface area contributed by atoms with Gasteiger partial charge in [0, 0.05) is 32.2 Å². The molecule has 1 fully saturated rings. The molecule has 12 heteroatoms. The van der Waals surface area contributed by atoms with E-state index in [2.05, 4.69) is 20.0 Å². The quantitative estimate of drug-likeness (QED) is 0.369. The molecule has 2 aromatic carbocycles. The van der Waals surface area contributed by atoms with E-state index in [1.165, 1.54) is 29.1 Å². The lowest BCUT2D eigenvalue weighted by atomic mass is 10.2. The van der Waals surface area contributed by atoms with Crippen LogP contribution in [0.2, 0.25) is 0 Å². The summed E-state index contributed by atoms with van der Waals surface area (Å²) in [6.07, 6.45) is 1.42. The molecule has 0 N–H and O–H groups in total. The van der Waals surface area contributed by atoms with Crippen molar-refractivity contribution >= 4 is 16.6 Å². The van der Waals surface area contributed by atoms with Gasteiger partial charge >= 0.3 is 0 Å². The van der Waals surface area contributed by atoms with Gasteiger partial charge in [-0.05, 0) is 30.3 Å². The summed E-state index contributed by atoms with van der Waals surface area (Å²) in [4.78, 5) is 24.4. The number of fused-ring (bicyclic) bond motifs is 3. The number of ether oxygens (including phenoxy) is 1. The van der Waals surface area contributed by atoms with E-state index < -0.39 is 23.0 Å². The number of nitrogens with zero attached hydrogens (tertiary/aromatic N) is 6. The first kappa shape index (κ1) is 22.4. The van der Waals surface area contributed by atoms with Gasteiger partial charge in [-0.25, -0.2) is 18.2 Å². The van der Waals surface area contributed by atoms with Gasteiger partial charge < -0.3 is 13.8 Å². The molecule has 3 aromatic heterocycles. The van der Waals surface area contributed by atoms with Crippen LogP contribution >= 0.6 is 0 Å². The minimum atomic E-state index is -0.851. The Morgan fingerprint density at radius 1 is 0.944 bits per heavy atom. The molecule has 9 nitrogen and oxygen atoms in total. The van der Waals surface area contributed by atoms with Crippen molar-refractivity contribution in [2.75, 3.05) is 32.8 Å². The molecule has 0 spiro atoms. The Labute approximate surface area is 201 Å². The minimum absolute atomic E-state index is 0.0567. The number of benzene rings is 2. The molecule has 0 atom stereocenters. The van der Waals surface area contributed by atoms with E-state index in [9.17, 15) is 18.0 Å². The Balaban J connectivity index is 1.47. The average molecular weight is 496 g/mol. The maximum atomic E-state index is 14.2. The molecule has 6 rings (SSSR count). The van der Waals surface area contributed by atoms with E-state index in [-0.39, 0.29) is 28.5 Å². The van der Waals surface area contributed by atoms with E-state index in [1.807, 2.05) is 0 Å². The SMILES string of the molecule is O=c1c2c(-c3nc(-c4ccc(F)cc4F)no3)ncn2c2ccc(F)cc2n1CCN1CCOCC1. The zero-order chi connectivity index (χ0) is 24.8. The average Bonchev–Trinajstić information content (AvgIpc) is 3.52. The van der Waals surface area contributed by atoms with Crippen molar-refractivity contribution in [3.8, 4) is 23.0 Å². The Bertz CT molecular complexity index is 1650. The van der Waals surface area contributed by atoms with Crippen LogP contribution in [0.1, 0.15) is 0 Å². The predicted octanol–water partition coefficient (Wildman–Crippen LogP) is 3.12. The molecule has 1 saturated heterocycles. The number of halogens is 3. The summed E-state index contributed by atoms with van der Waals surface area (Å²) < 4.78 is 55.4. The third-order valence-corrected chi connectivity index (χ3v) is 6.25. The highest BCUT2D eigenvalue weighted by atomic mass is 19.1. The third kappa shape index (κ3) is 3.84. The van der Waals surface area contributed by atoms with E-state index in [0.29, 0.717) is 37.3 Å². The van der Waals surface area contributed by atoms with E-state index in [1.54, 1.807) is 10.5 Å². The van der Waals surface area contributed by atoms with Crippen LogP contribution in [0.4, 0.5) is 13.2 Å². The van der Waals surface area contributed by atoms with Crippen LogP contribution in [0.3, 0.4) is 0 Å². The second-order valence-electron chi connectivity index (χ2n) is 8.40. The first-order chi connectivity index (χ1) is 17.5. The van der Waals surface area contributed by atoms with Crippen LogP contribution in [-0.4, -0.2) is 61.8 Å². The lowest BCUT2D eigenvalue weighted by Gasteiger charge is -2.27. The van der Waals surface area contributed by atoms with Crippen molar-refractivity contribution in [1.82, 2.24) is 29.0 Å². The molecule has 0 aliphatic carbocycles. The van der Waals surface area contributed by atoms with Gasteiger partial charge in [-0.3, -0.25) is 14.1 Å². The standard InChI is InChI=1S/C24H19F3N6O3/c25-14-1-3-16(17(27)11-14)22-29-23(36-30-22)20-21-24(34)32(6-5-31-7-9-35-10-8-31)19-12-15(26)2-4-18(19)33(21)13-28-20/h1-4,11-13H,5-10H2. The maximum Gasteiger partial charge on any atom is 0.279 e. The Morgan fingerprint density at radius 3 is 2.53 bits per heavy atom. The van der Waals surface area contributed by atoms with Crippen LogP contribution in [0.5, 0.6) is 0 Å².